The van der Waals surface area contributed by atoms with Gasteiger partial charge >= 0.3 is 0 Å². The van der Waals surface area contributed by atoms with Crippen LogP contribution >= 0.6 is 0 Å². The van der Waals surface area contributed by atoms with Crippen LogP contribution in [0.3, 0.4) is 0 Å². The molecule has 0 radical (unpaired) electrons. The van der Waals surface area contributed by atoms with Crippen LogP contribution in [-0.2, 0) is 11.8 Å². The number of anilines is 1. The van der Waals surface area contributed by atoms with E-state index in [1.165, 1.54) is 11.1 Å². The highest BCUT2D eigenvalue weighted by Gasteiger charge is 2.45. The predicted molar refractivity (Wildman–Crippen MR) is 84.0 cm³/mol. The lowest BCUT2D eigenvalue weighted by molar-refractivity contribution is 0.239. The highest BCUT2D eigenvalue weighted by molar-refractivity contribution is 5.60. The smallest absolute Gasteiger partial charge is 0.123 e. The van der Waals surface area contributed by atoms with Gasteiger partial charge in [-0.05, 0) is 59.1 Å². The molecule has 1 nitrogen and oxygen atoms in total. The second-order valence-corrected chi connectivity index (χ2v) is 6.88. The zero-order chi connectivity index (χ0) is 14.6. The molecule has 2 aromatic carbocycles. The largest absolute Gasteiger partial charge is 0.378 e. The molecule has 1 N–H and O–H groups in total. The first kappa shape index (κ1) is 12.9. The van der Waals surface area contributed by atoms with Crippen LogP contribution < -0.4 is 5.32 Å². The molecule has 21 heavy (non-hydrogen) atoms. The normalized spacial score (nSPS) is 25.3. The Balaban J connectivity index is 1.88. The standard InChI is InChI=1S/C19H20FN/c1-19(2)15-9-7-12-5-3-4-6-14(12)18(15)21-17-10-8-13(20)11-16(17)19/h3-6,8,10-11,15,18,21H,7,9H2,1-2H3/t15-,18-/m1/s1. The molecule has 0 amide bonds. The van der Waals surface area contributed by atoms with E-state index in [1.54, 1.807) is 12.1 Å². The first-order valence-corrected chi connectivity index (χ1v) is 7.72. The molecule has 0 aromatic heterocycles. The van der Waals surface area contributed by atoms with E-state index >= 15 is 0 Å². The molecule has 0 fully saturated rings. The molecule has 2 heteroatoms. The lowest BCUT2D eigenvalue weighted by Gasteiger charge is -2.49. The number of rotatable bonds is 0. The van der Waals surface area contributed by atoms with Crippen LogP contribution in [0.15, 0.2) is 42.5 Å². The zero-order valence-electron chi connectivity index (χ0n) is 12.5. The minimum atomic E-state index is -0.140. The van der Waals surface area contributed by atoms with Gasteiger partial charge in [-0.15, -0.1) is 0 Å². The van der Waals surface area contributed by atoms with Crippen molar-refractivity contribution in [3.63, 3.8) is 0 Å². The second kappa shape index (κ2) is 4.33. The van der Waals surface area contributed by atoms with Gasteiger partial charge in [-0.3, -0.25) is 0 Å². The fraction of sp³-hybridized carbons (Fsp3) is 0.368. The Kier molecular flexibility index (Phi) is 2.66. The van der Waals surface area contributed by atoms with Crippen LogP contribution in [0.25, 0.3) is 0 Å². The number of benzene rings is 2. The van der Waals surface area contributed by atoms with Crippen LogP contribution in [0.4, 0.5) is 10.1 Å². The summed E-state index contributed by atoms with van der Waals surface area (Å²) in [4.78, 5) is 0. The predicted octanol–water partition coefficient (Wildman–Crippen LogP) is 4.83. The van der Waals surface area contributed by atoms with E-state index in [2.05, 4.69) is 43.4 Å². The third-order valence-electron chi connectivity index (χ3n) is 5.43. The van der Waals surface area contributed by atoms with Gasteiger partial charge in [0.1, 0.15) is 5.82 Å². The molecule has 1 heterocycles. The molecule has 108 valence electrons. The first-order chi connectivity index (χ1) is 10.1. The van der Waals surface area contributed by atoms with E-state index < -0.39 is 0 Å². The Bertz CT molecular complexity index is 704. The number of nitrogens with one attached hydrogen (secondary N) is 1. The number of fused-ring (bicyclic) bond motifs is 4. The Labute approximate surface area is 125 Å². The van der Waals surface area contributed by atoms with Crippen molar-refractivity contribution in [2.75, 3.05) is 5.32 Å². The van der Waals surface area contributed by atoms with Crippen LogP contribution in [0.5, 0.6) is 0 Å². The summed E-state index contributed by atoms with van der Waals surface area (Å²) in [6.07, 6.45) is 2.27. The van der Waals surface area contributed by atoms with Gasteiger partial charge in [-0.1, -0.05) is 38.1 Å². The fourth-order valence-electron chi connectivity index (χ4n) is 4.26. The summed E-state index contributed by atoms with van der Waals surface area (Å²) in [5, 5.41) is 3.67. The Morgan fingerprint density at radius 3 is 2.81 bits per heavy atom. The molecule has 2 aliphatic rings. The fourth-order valence-corrected chi connectivity index (χ4v) is 4.26. The van der Waals surface area contributed by atoms with Crippen molar-refractivity contribution < 1.29 is 4.39 Å². The lowest BCUT2D eigenvalue weighted by Crippen LogP contribution is -2.43. The summed E-state index contributed by atoms with van der Waals surface area (Å²) in [6, 6.07) is 14.2. The lowest BCUT2D eigenvalue weighted by atomic mass is 9.61. The minimum Gasteiger partial charge on any atom is -0.378 e. The third-order valence-corrected chi connectivity index (χ3v) is 5.43. The summed E-state index contributed by atoms with van der Waals surface area (Å²) in [5.74, 6) is 0.361. The topological polar surface area (TPSA) is 12.0 Å². The quantitative estimate of drug-likeness (QED) is 0.729. The Morgan fingerprint density at radius 2 is 1.95 bits per heavy atom. The summed E-state index contributed by atoms with van der Waals surface area (Å²) >= 11 is 0. The molecule has 4 rings (SSSR count). The third kappa shape index (κ3) is 1.81. The van der Waals surface area contributed by atoms with E-state index in [0.29, 0.717) is 12.0 Å². The average molecular weight is 281 g/mol. The van der Waals surface area contributed by atoms with Crippen molar-refractivity contribution in [2.45, 2.75) is 38.1 Å². The summed E-state index contributed by atoms with van der Waals surface area (Å²) < 4.78 is 13.7. The van der Waals surface area contributed by atoms with Crippen LogP contribution in [-0.4, -0.2) is 0 Å². The molecule has 0 bridgehead atoms. The van der Waals surface area contributed by atoms with Crippen molar-refractivity contribution in [3.05, 3.63) is 65.0 Å². The van der Waals surface area contributed by atoms with E-state index in [4.69, 9.17) is 0 Å². The molecular formula is C19H20FN. The summed E-state index contributed by atoms with van der Waals surface area (Å²) in [7, 11) is 0. The van der Waals surface area contributed by atoms with Crippen molar-refractivity contribution in [1.82, 2.24) is 0 Å². The van der Waals surface area contributed by atoms with Crippen LogP contribution in [0, 0.1) is 11.7 Å². The van der Waals surface area contributed by atoms with Gasteiger partial charge in [-0.2, -0.15) is 0 Å². The highest BCUT2D eigenvalue weighted by atomic mass is 19.1. The number of halogens is 1. The van der Waals surface area contributed by atoms with Gasteiger partial charge in [0.25, 0.3) is 0 Å². The van der Waals surface area contributed by atoms with Gasteiger partial charge in [0, 0.05) is 5.69 Å². The molecule has 2 atom stereocenters. The van der Waals surface area contributed by atoms with Crippen molar-refractivity contribution in [2.24, 2.45) is 5.92 Å². The molecule has 0 saturated carbocycles. The Hall–Kier alpha value is -1.83. The molecular weight excluding hydrogens is 261 g/mol. The van der Waals surface area contributed by atoms with Crippen LogP contribution in [0.2, 0.25) is 0 Å². The highest BCUT2D eigenvalue weighted by Crippen LogP contribution is 2.52. The first-order valence-electron chi connectivity index (χ1n) is 7.72. The molecule has 0 saturated heterocycles. The second-order valence-electron chi connectivity index (χ2n) is 6.88. The molecule has 0 spiro atoms. The van der Waals surface area contributed by atoms with Gasteiger partial charge in [-0.25, -0.2) is 4.39 Å². The zero-order valence-corrected chi connectivity index (χ0v) is 12.5. The monoisotopic (exact) mass is 281 g/mol. The molecule has 1 aliphatic heterocycles. The van der Waals surface area contributed by atoms with Crippen LogP contribution in [0.1, 0.15) is 43.0 Å². The van der Waals surface area contributed by atoms with Crippen molar-refractivity contribution in [1.29, 1.82) is 0 Å². The van der Waals surface area contributed by atoms with E-state index in [1.807, 2.05) is 6.07 Å². The number of aryl methyl sites for hydroxylation is 1. The summed E-state index contributed by atoms with van der Waals surface area (Å²) in [5.41, 5.74) is 5.05. The maximum Gasteiger partial charge on any atom is 0.123 e. The Morgan fingerprint density at radius 1 is 1.14 bits per heavy atom. The molecule has 2 aromatic rings. The van der Waals surface area contributed by atoms with Gasteiger partial charge in [0.2, 0.25) is 0 Å². The number of hydrogen-bond acceptors (Lipinski definition) is 1. The van der Waals surface area contributed by atoms with E-state index in [0.717, 1.165) is 24.1 Å². The van der Waals surface area contributed by atoms with Gasteiger partial charge in [0.15, 0.2) is 0 Å². The molecule has 0 unspecified atom stereocenters. The minimum absolute atomic E-state index is 0.0130. The van der Waals surface area contributed by atoms with E-state index in [-0.39, 0.29) is 11.2 Å². The summed E-state index contributed by atoms with van der Waals surface area (Å²) in [6.45, 7) is 4.52. The van der Waals surface area contributed by atoms with Gasteiger partial charge in [0.05, 0.1) is 6.04 Å². The van der Waals surface area contributed by atoms with Crippen molar-refractivity contribution in [3.8, 4) is 0 Å². The van der Waals surface area contributed by atoms with Crippen molar-refractivity contribution >= 4 is 5.69 Å². The maximum absolute atomic E-state index is 13.7. The number of hydrogen-bond donors (Lipinski definition) is 1. The SMILES string of the molecule is CC1(C)c2cc(F)ccc2N[C@@H]2c3ccccc3CC[C@H]21. The van der Waals surface area contributed by atoms with E-state index in [9.17, 15) is 4.39 Å². The molecule has 1 aliphatic carbocycles. The van der Waals surface area contributed by atoms with Gasteiger partial charge < -0.3 is 5.32 Å². The average Bonchev–Trinajstić information content (AvgIpc) is 2.48. The maximum atomic E-state index is 13.7.